The predicted molar refractivity (Wildman–Crippen MR) is 51.6 cm³/mol. The van der Waals surface area contributed by atoms with Gasteiger partial charge in [-0.2, -0.15) is 0 Å². The molecule has 14 heavy (non-hydrogen) atoms. The van der Waals surface area contributed by atoms with Crippen LogP contribution in [0.4, 0.5) is 5.69 Å². The van der Waals surface area contributed by atoms with Gasteiger partial charge in [-0.3, -0.25) is 0 Å². The van der Waals surface area contributed by atoms with Crippen molar-refractivity contribution in [3.63, 3.8) is 0 Å². The number of nitrogens with one attached hydrogen (secondary N) is 1. The van der Waals surface area contributed by atoms with Crippen molar-refractivity contribution in [3.8, 4) is 5.75 Å². The summed E-state index contributed by atoms with van der Waals surface area (Å²) in [4.78, 5) is 11.4. The molecule has 1 aliphatic rings. The second kappa shape index (κ2) is 3.21. The van der Waals surface area contributed by atoms with Gasteiger partial charge < -0.3 is 15.2 Å². The summed E-state index contributed by atoms with van der Waals surface area (Å²) in [5.74, 6) is -0.171. The maximum absolute atomic E-state index is 11.4. The van der Waals surface area contributed by atoms with Crippen molar-refractivity contribution in [2.45, 2.75) is 6.42 Å². The number of methoxy groups -OCH3 is 1. The number of esters is 1. The Morgan fingerprint density at radius 3 is 3.07 bits per heavy atom. The third-order valence-corrected chi connectivity index (χ3v) is 2.37. The summed E-state index contributed by atoms with van der Waals surface area (Å²) >= 11 is 0. The molecule has 0 saturated heterocycles. The number of ether oxygens (including phenoxy) is 1. The Morgan fingerprint density at radius 1 is 1.57 bits per heavy atom. The van der Waals surface area contributed by atoms with Crippen LogP contribution in [0, 0.1) is 0 Å². The highest BCUT2D eigenvalue weighted by Crippen LogP contribution is 2.34. The van der Waals surface area contributed by atoms with E-state index in [0.717, 1.165) is 18.5 Å². The zero-order valence-electron chi connectivity index (χ0n) is 7.83. The van der Waals surface area contributed by atoms with E-state index in [-0.39, 0.29) is 11.7 Å². The summed E-state index contributed by atoms with van der Waals surface area (Å²) in [7, 11) is 1.35. The predicted octanol–water partition coefficient (Wildman–Crippen LogP) is 1.15. The van der Waals surface area contributed by atoms with Gasteiger partial charge in [0.15, 0.2) is 0 Å². The van der Waals surface area contributed by atoms with E-state index in [1.54, 1.807) is 6.07 Å². The van der Waals surface area contributed by atoms with Gasteiger partial charge in [0.25, 0.3) is 0 Å². The Hall–Kier alpha value is -1.71. The molecular weight excluding hydrogens is 182 g/mol. The first-order chi connectivity index (χ1) is 6.74. The van der Waals surface area contributed by atoms with Gasteiger partial charge >= 0.3 is 5.97 Å². The molecule has 1 aliphatic heterocycles. The Kier molecular flexibility index (Phi) is 2.04. The molecule has 74 valence electrons. The van der Waals surface area contributed by atoms with Crippen molar-refractivity contribution in [1.29, 1.82) is 0 Å². The number of phenolic OH excluding ortho intramolecular Hbond substituents is 1. The molecular formula is C10H11NO3. The van der Waals surface area contributed by atoms with Crippen LogP contribution in [-0.2, 0) is 11.2 Å². The van der Waals surface area contributed by atoms with E-state index in [4.69, 9.17) is 0 Å². The topological polar surface area (TPSA) is 58.6 Å². The smallest absolute Gasteiger partial charge is 0.338 e. The number of hydrogen-bond acceptors (Lipinski definition) is 4. The third-order valence-electron chi connectivity index (χ3n) is 2.37. The molecule has 1 aromatic rings. The van der Waals surface area contributed by atoms with Crippen molar-refractivity contribution in [1.82, 2.24) is 0 Å². The van der Waals surface area contributed by atoms with Crippen molar-refractivity contribution >= 4 is 11.7 Å². The van der Waals surface area contributed by atoms with Crippen LogP contribution < -0.4 is 5.32 Å². The first kappa shape index (κ1) is 8.87. The number of phenols is 1. The monoisotopic (exact) mass is 193 g/mol. The van der Waals surface area contributed by atoms with Crippen LogP contribution >= 0.6 is 0 Å². The van der Waals surface area contributed by atoms with Gasteiger partial charge in [0.2, 0.25) is 0 Å². The van der Waals surface area contributed by atoms with Crippen LogP contribution in [0.2, 0.25) is 0 Å². The average molecular weight is 193 g/mol. The van der Waals surface area contributed by atoms with Gasteiger partial charge in [-0.25, -0.2) is 4.79 Å². The molecule has 2 N–H and O–H groups in total. The Balaban J connectivity index is 2.53. The molecule has 0 fully saturated rings. The van der Waals surface area contributed by atoms with Crippen molar-refractivity contribution in [3.05, 3.63) is 23.3 Å². The van der Waals surface area contributed by atoms with E-state index in [1.165, 1.54) is 13.2 Å². The lowest BCUT2D eigenvalue weighted by Crippen LogP contribution is -2.04. The quantitative estimate of drug-likeness (QED) is 0.519. The number of hydrogen-bond donors (Lipinski definition) is 2. The van der Waals surface area contributed by atoms with E-state index in [0.29, 0.717) is 11.3 Å². The van der Waals surface area contributed by atoms with E-state index < -0.39 is 0 Å². The fourth-order valence-corrected chi connectivity index (χ4v) is 1.71. The lowest BCUT2D eigenvalue weighted by Gasteiger charge is -2.07. The largest absolute Gasteiger partial charge is 0.506 e. The van der Waals surface area contributed by atoms with Gasteiger partial charge in [-0.05, 0) is 24.1 Å². The summed E-state index contributed by atoms with van der Waals surface area (Å²) < 4.78 is 4.65. The van der Waals surface area contributed by atoms with Crippen LogP contribution in [-0.4, -0.2) is 24.7 Å². The number of fused-ring (bicyclic) bond motifs is 1. The standard InChI is InChI=1S/C10H11NO3/c1-14-10(13)7-2-3-8(12)9-6(7)4-5-11-9/h2-3,11-12H,4-5H2,1H3. The fraction of sp³-hybridized carbons (Fsp3) is 0.300. The third kappa shape index (κ3) is 1.19. The first-order valence-electron chi connectivity index (χ1n) is 4.41. The summed E-state index contributed by atoms with van der Waals surface area (Å²) in [6, 6.07) is 3.09. The van der Waals surface area contributed by atoms with Gasteiger partial charge in [0.1, 0.15) is 5.75 Å². The molecule has 4 nitrogen and oxygen atoms in total. The zero-order chi connectivity index (χ0) is 10.1. The minimum Gasteiger partial charge on any atom is -0.506 e. The van der Waals surface area contributed by atoms with Gasteiger partial charge in [0.05, 0.1) is 18.4 Å². The Morgan fingerprint density at radius 2 is 2.36 bits per heavy atom. The van der Waals surface area contributed by atoms with Crippen molar-refractivity contribution in [2.24, 2.45) is 0 Å². The van der Waals surface area contributed by atoms with Gasteiger partial charge in [-0.15, -0.1) is 0 Å². The minimum absolute atomic E-state index is 0.185. The molecule has 0 radical (unpaired) electrons. The molecule has 0 aromatic heterocycles. The van der Waals surface area contributed by atoms with Crippen LogP contribution in [0.1, 0.15) is 15.9 Å². The molecule has 0 saturated carbocycles. The summed E-state index contributed by atoms with van der Waals surface area (Å²) in [5, 5.41) is 12.5. The van der Waals surface area contributed by atoms with Gasteiger partial charge in [0, 0.05) is 6.54 Å². The highest BCUT2D eigenvalue weighted by atomic mass is 16.5. The summed E-state index contributed by atoms with van der Waals surface area (Å²) in [6.07, 6.45) is 0.744. The molecule has 0 bridgehead atoms. The fourth-order valence-electron chi connectivity index (χ4n) is 1.71. The molecule has 4 heteroatoms. The second-order valence-corrected chi connectivity index (χ2v) is 3.15. The van der Waals surface area contributed by atoms with Crippen LogP contribution in [0.5, 0.6) is 5.75 Å². The summed E-state index contributed by atoms with van der Waals surface area (Å²) in [5.41, 5.74) is 2.04. The highest BCUT2D eigenvalue weighted by Gasteiger charge is 2.21. The first-order valence-corrected chi connectivity index (χ1v) is 4.41. The van der Waals surface area contributed by atoms with E-state index in [9.17, 15) is 9.90 Å². The molecule has 0 spiro atoms. The number of carbonyl (C=O) groups excluding carboxylic acids is 1. The molecule has 0 unspecified atom stereocenters. The maximum atomic E-state index is 11.4. The van der Waals surface area contributed by atoms with Crippen molar-refractivity contribution in [2.75, 3.05) is 19.0 Å². The molecule has 0 atom stereocenters. The van der Waals surface area contributed by atoms with Crippen LogP contribution in [0.15, 0.2) is 12.1 Å². The minimum atomic E-state index is -0.357. The lowest BCUT2D eigenvalue weighted by atomic mass is 10.0. The molecule has 2 rings (SSSR count). The molecule has 1 aromatic carbocycles. The molecule has 0 amide bonds. The van der Waals surface area contributed by atoms with Crippen molar-refractivity contribution < 1.29 is 14.6 Å². The Labute approximate surface area is 81.5 Å². The second-order valence-electron chi connectivity index (χ2n) is 3.15. The summed E-state index contributed by atoms with van der Waals surface area (Å²) in [6.45, 7) is 0.747. The normalized spacial score (nSPS) is 13.2. The van der Waals surface area contributed by atoms with Crippen LogP contribution in [0.3, 0.4) is 0 Å². The Bertz CT molecular complexity index is 387. The molecule has 1 heterocycles. The number of anilines is 1. The zero-order valence-corrected chi connectivity index (χ0v) is 7.83. The number of benzene rings is 1. The SMILES string of the molecule is COC(=O)c1ccc(O)c2c1CCN2. The average Bonchev–Trinajstić information content (AvgIpc) is 2.67. The number of carbonyl (C=O) groups is 1. The number of rotatable bonds is 1. The van der Waals surface area contributed by atoms with Crippen LogP contribution in [0.25, 0.3) is 0 Å². The highest BCUT2D eigenvalue weighted by molar-refractivity contribution is 5.94. The number of aromatic hydroxyl groups is 1. The van der Waals surface area contributed by atoms with E-state index in [1.807, 2.05) is 0 Å². The van der Waals surface area contributed by atoms with E-state index >= 15 is 0 Å². The lowest BCUT2D eigenvalue weighted by molar-refractivity contribution is 0.0600. The maximum Gasteiger partial charge on any atom is 0.338 e. The van der Waals surface area contributed by atoms with E-state index in [2.05, 4.69) is 10.1 Å². The molecule has 0 aliphatic carbocycles. The van der Waals surface area contributed by atoms with Gasteiger partial charge in [-0.1, -0.05) is 0 Å².